The van der Waals surface area contributed by atoms with Crippen molar-refractivity contribution in [1.82, 2.24) is 20.2 Å². The highest BCUT2D eigenvalue weighted by atomic mass is 19.4. The smallest absolute Gasteiger partial charge is 0.475 e. The van der Waals surface area contributed by atoms with Crippen molar-refractivity contribution in [3.8, 4) is 0 Å². The number of carboxylic acid groups (broad SMARTS) is 1. The molecule has 3 heterocycles. The van der Waals surface area contributed by atoms with Gasteiger partial charge in [0.15, 0.2) is 0 Å². The van der Waals surface area contributed by atoms with Gasteiger partial charge in [0.05, 0.1) is 11.5 Å². The highest BCUT2D eigenvalue weighted by Gasteiger charge is 2.38. The number of nitrogens with zero attached hydrogens (tertiary/aromatic N) is 4. The number of amides is 1. The first-order chi connectivity index (χ1) is 13.9. The van der Waals surface area contributed by atoms with Crippen molar-refractivity contribution >= 4 is 17.8 Å². The number of hydrogen-bond donors (Lipinski definition) is 2. The van der Waals surface area contributed by atoms with Crippen molar-refractivity contribution in [3.05, 3.63) is 18.0 Å². The highest BCUT2D eigenvalue weighted by Crippen LogP contribution is 2.28. The van der Waals surface area contributed by atoms with Crippen LogP contribution in [0.1, 0.15) is 12.0 Å². The fourth-order valence-corrected chi connectivity index (χ4v) is 2.88. The van der Waals surface area contributed by atoms with Gasteiger partial charge in [-0.05, 0) is 13.0 Å². The molecule has 1 atom stereocenters. The van der Waals surface area contributed by atoms with Crippen LogP contribution in [0.4, 0.5) is 32.3 Å². The number of aromatic nitrogens is 2. The first kappa shape index (κ1) is 23.6. The van der Waals surface area contributed by atoms with Crippen molar-refractivity contribution in [2.45, 2.75) is 18.8 Å². The van der Waals surface area contributed by atoms with Crippen molar-refractivity contribution in [2.24, 2.45) is 5.92 Å². The van der Waals surface area contributed by atoms with Gasteiger partial charge in [-0.1, -0.05) is 0 Å². The summed E-state index contributed by atoms with van der Waals surface area (Å²) >= 11 is 0. The molecule has 2 aliphatic rings. The summed E-state index contributed by atoms with van der Waals surface area (Å²) in [4.78, 5) is 32.4. The predicted octanol–water partition coefficient (Wildman–Crippen LogP) is 1.39. The molecule has 2 N–H and O–H groups in total. The van der Waals surface area contributed by atoms with Gasteiger partial charge in [-0.3, -0.25) is 4.79 Å². The summed E-state index contributed by atoms with van der Waals surface area (Å²) in [5, 5.41) is 10.3. The summed E-state index contributed by atoms with van der Waals surface area (Å²) in [6.45, 7) is 3.73. The lowest BCUT2D eigenvalue weighted by molar-refractivity contribution is -0.192. The Morgan fingerprint density at radius 3 is 1.97 bits per heavy atom. The molecule has 0 aliphatic carbocycles. The number of aliphatic carboxylic acids is 1. The molecule has 14 heteroatoms. The Labute approximate surface area is 166 Å². The number of rotatable bonds is 2. The monoisotopic (exact) mass is 443 g/mol. The van der Waals surface area contributed by atoms with E-state index in [0.717, 1.165) is 31.9 Å². The number of carbonyl (C=O) groups is 2. The maximum Gasteiger partial charge on any atom is 0.490 e. The summed E-state index contributed by atoms with van der Waals surface area (Å²) < 4.78 is 69.3. The van der Waals surface area contributed by atoms with Crippen LogP contribution in [0.2, 0.25) is 0 Å². The van der Waals surface area contributed by atoms with E-state index in [2.05, 4.69) is 15.3 Å². The molecule has 0 radical (unpaired) electrons. The van der Waals surface area contributed by atoms with Gasteiger partial charge in [-0.2, -0.15) is 26.3 Å². The molecule has 2 aliphatic heterocycles. The number of carboxylic acids is 1. The van der Waals surface area contributed by atoms with Gasteiger partial charge in [0.2, 0.25) is 11.9 Å². The lowest BCUT2D eigenvalue weighted by Gasteiger charge is -2.35. The van der Waals surface area contributed by atoms with Crippen LogP contribution in [-0.4, -0.2) is 77.3 Å². The quantitative estimate of drug-likeness (QED) is 0.667. The molecule has 168 valence electrons. The van der Waals surface area contributed by atoms with Crippen LogP contribution in [0.25, 0.3) is 0 Å². The van der Waals surface area contributed by atoms with E-state index in [-0.39, 0.29) is 17.8 Å². The number of nitrogens with one attached hydrogen (secondary N) is 1. The van der Waals surface area contributed by atoms with Crippen LogP contribution < -0.4 is 10.2 Å². The fourth-order valence-electron chi connectivity index (χ4n) is 2.88. The van der Waals surface area contributed by atoms with Crippen LogP contribution in [0, 0.1) is 5.92 Å². The van der Waals surface area contributed by atoms with Crippen molar-refractivity contribution in [2.75, 3.05) is 44.2 Å². The van der Waals surface area contributed by atoms with Crippen molar-refractivity contribution in [3.63, 3.8) is 0 Å². The van der Waals surface area contributed by atoms with Gasteiger partial charge >= 0.3 is 18.3 Å². The molecule has 1 amide bonds. The fraction of sp³-hybridized carbons (Fsp3) is 0.625. The molecular weight excluding hydrogens is 424 g/mol. The standard InChI is InChI=1S/C14H18F3N5O.C2HF3O2/c15-14(16,17)11-8-19-13(20-9-11)22-5-3-21(4-6-22)12(23)10-1-2-18-7-10;3-2(4,5)1(6)7/h8-10,18H,1-7H2;(H,6,7)/t10-;/m1./s1. The molecule has 3 rings (SSSR count). The minimum absolute atomic E-state index is 0.0452. The van der Waals surface area contributed by atoms with Gasteiger partial charge in [0.25, 0.3) is 0 Å². The van der Waals surface area contributed by atoms with Gasteiger partial charge in [-0.25, -0.2) is 14.8 Å². The number of hydrogen-bond acceptors (Lipinski definition) is 6. The molecule has 0 unspecified atom stereocenters. The first-order valence-corrected chi connectivity index (χ1v) is 8.83. The Balaban J connectivity index is 0.000000396. The number of alkyl halides is 6. The molecule has 2 saturated heterocycles. The summed E-state index contributed by atoms with van der Waals surface area (Å²) in [6, 6.07) is 0. The maximum absolute atomic E-state index is 12.5. The Morgan fingerprint density at radius 2 is 1.57 bits per heavy atom. The molecule has 1 aromatic heterocycles. The number of halogens is 6. The highest BCUT2D eigenvalue weighted by molar-refractivity contribution is 5.79. The SMILES string of the molecule is O=C(O)C(F)(F)F.O=C([C@@H]1CCNC1)N1CCN(c2ncc(C(F)(F)F)cn2)CC1. The molecule has 0 spiro atoms. The minimum atomic E-state index is -5.08. The second-order valence-electron chi connectivity index (χ2n) is 6.57. The lowest BCUT2D eigenvalue weighted by Crippen LogP contribution is -2.51. The third-order valence-corrected chi connectivity index (χ3v) is 4.49. The Kier molecular flexibility index (Phi) is 7.44. The Hall–Kier alpha value is -2.64. The van der Waals surface area contributed by atoms with Gasteiger partial charge < -0.3 is 20.2 Å². The minimum Gasteiger partial charge on any atom is -0.475 e. The Morgan fingerprint density at radius 1 is 1.03 bits per heavy atom. The number of anilines is 1. The van der Waals surface area contributed by atoms with E-state index in [1.54, 1.807) is 4.90 Å². The van der Waals surface area contributed by atoms with E-state index in [9.17, 15) is 31.1 Å². The summed E-state index contributed by atoms with van der Waals surface area (Å²) in [5.41, 5.74) is -0.858. The van der Waals surface area contributed by atoms with Crippen LogP contribution in [0.15, 0.2) is 12.4 Å². The average molecular weight is 443 g/mol. The van der Waals surface area contributed by atoms with E-state index in [0.29, 0.717) is 26.2 Å². The van der Waals surface area contributed by atoms with Crippen LogP contribution in [0.5, 0.6) is 0 Å². The first-order valence-electron chi connectivity index (χ1n) is 8.83. The van der Waals surface area contributed by atoms with Crippen molar-refractivity contribution < 1.29 is 41.0 Å². The van der Waals surface area contributed by atoms with E-state index in [1.807, 2.05) is 4.90 Å². The van der Waals surface area contributed by atoms with Gasteiger partial charge in [-0.15, -0.1) is 0 Å². The molecular formula is C16H19F6N5O3. The summed E-state index contributed by atoms with van der Waals surface area (Å²) in [7, 11) is 0. The second-order valence-corrected chi connectivity index (χ2v) is 6.57. The number of piperazine rings is 1. The van der Waals surface area contributed by atoms with E-state index < -0.39 is 23.9 Å². The Bertz CT molecular complexity index is 726. The third-order valence-electron chi connectivity index (χ3n) is 4.49. The summed E-state index contributed by atoms with van der Waals surface area (Å²) in [5.74, 6) is -2.29. The zero-order valence-corrected chi connectivity index (χ0v) is 15.5. The molecule has 0 bridgehead atoms. The maximum atomic E-state index is 12.5. The topological polar surface area (TPSA) is 98.7 Å². The van der Waals surface area contributed by atoms with Crippen LogP contribution in [-0.2, 0) is 15.8 Å². The normalized spacial score (nSPS) is 19.9. The molecule has 2 fully saturated rings. The third kappa shape index (κ3) is 6.43. The molecule has 0 saturated carbocycles. The molecule has 1 aromatic rings. The van der Waals surface area contributed by atoms with Crippen molar-refractivity contribution in [1.29, 1.82) is 0 Å². The zero-order chi connectivity index (χ0) is 22.5. The van der Waals surface area contributed by atoms with E-state index in [1.165, 1.54) is 0 Å². The van der Waals surface area contributed by atoms with Crippen LogP contribution >= 0.6 is 0 Å². The van der Waals surface area contributed by atoms with E-state index in [4.69, 9.17) is 9.90 Å². The zero-order valence-electron chi connectivity index (χ0n) is 15.5. The summed E-state index contributed by atoms with van der Waals surface area (Å²) in [6.07, 6.45) is -7.06. The predicted molar refractivity (Wildman–Crippen MR) is 90.5 cm³/mol. The van der Waals surface area contributed by atoms with E-state index >= 15 is 0 Å². The molecule has 30 heavy (non-hydrogen) atoms. The van der Waals surface area contributed by atoms with Crippen LogP contribution in [0.3, 0.4) is 0 Å². The molecule has 0 aromatic carbocycles. The van der Waals surface area contributed by atoms with Gasteiger partial charge in [0, 0.05) is 45.1 Å². The molecule has 8 nitrogen and oxygen atoms in total. The lowest BCUT2D eigenvalue weighted by atomic mass is 10.1. The largest absolute Gasteiger partial charge is 0.490 e. The number of carbonyl (C=O) groups excluding carboxylic acids is 1. The van der Waals surface area contributed by atoms with Gasteiger partial charge in [0.1, 0.15) is 0 Å². The average Bonchev–Trinajstić information content (AvgIpc) is 3.21. The second kappa shape index (κ2) is 9.45.